The van der Waals surface area contributed by atoms with Crippen LogP contribution in [0.15, 0.2) is 0 Å². The highest BCUT2D eigenvalue weighted by Gasteiger charge is 2.17. The van der Waals surface area contributed by atoms with E-state index in [9.17, 15) is 0 Å². The zero-order valence-corrected chi connectivity index (χ0v) is 10.4. The molecule has 1 rings (SSSR count). The molecule has 90 valence electrons. The summed E-state index contributed by atoms with van der Waals surface area (Å²) in [6.45, 7) is 11.6. The first-order valence-electron chi connectivity index (χ1n) is 6.53. The smallest absolute Gasteiger partial charge is 0.00912 e. The largest absolute Gasteiger partial charge is 0.317 e. The number of nitrogens with zero attached hydrogens (tertiary/aromatic N) is 1. The van der Waals surface area contributed by atoms with Crippen LogP contribution in [0.3, 0.4) is 0 Å². The van der Waals surface area contributed by atoms with Gasteiger partial charge in [0.15, 0.2) is 0 Å². The fraction of sp³-hybridized carbons (Fsp3) is 1.00. The van der Waals surface area contributed by atoms with Crippen LogP contribution < -0.4 is 10.6 Å². The molecule has 0 aliphatic carbocycles. The Hall–Kier alpha value is -0.120. The van der Waals surface area contributed by atoms with Gasteiger partial charge in [-0.25, -0.2) is 0 Å². The van der Waals surface area contributed by atoms with Gasteiger partial charge in [-0.1, -0.05) is 13.8 Å². The van der Waals surface area contributed by atoms with Gasteiger partial charge in [-0.15, -0.1) is 0 Å². The Morgan fingerprint density at radius 2 is 1.87 bits per heavy atom. The van der Waals surface area contributed by atoms with E-state index in [4.69, 9.17) is 0 Å². The van der Waals surface area contributed by atoms with Crippen LogP contribution in [0.1, 0.15) is 33.1 Å². The highest BCUT2D eigenvalue weighted by Crippen LogP contribution is 2.09. The van der Waals surface area contributed by atoms with Crippen molar-refractivity contribution in [3.05, 3.63) is 0 Å². The maximum Gasteiger partial charge on any atom is 0.00912 e. The van der Waals surface area contributed by atoms with Crippen LogP contribution in [0.5, 0.6) is 0 Å². The van der Waals surface area contributed by atoms with Crippen LogP contribution in [0, 0.1) is 0 Å². The fourth-order valence-corrected chi connectivity index (χ4v) is 2.25. The van der Waals surface area contributed by atoms with E-state index in [1.54, 1.807) is 0 Å². The number of nitrogens with one attached hydrogen (secondary N) is 2. The summed E-state index contributed by atoms with van der Waals surface area (Å²) in [6, 6.07) is 0.778. The Morgan fingerprint density at radius 1 is 1.13 bits per heavy atom. The number of likely N-dealkylation sites (tertiary alicyclic amines) is 1. The highest BCUT2D eigenvalue weighted by atomic mass is 15.1. The van der Waals surface area contributed by atoms with Crippen molar-refractivity contribution < 1.29 is 0 Å². The van der Waals surface area contributed by atoms with Crippen LogP contribution in [-0.2, 0) is 0 Å². The molecule has 1 saturated heterocycles. The molecule has 0 aromatic carbocycles. The van der Waals surface area contributed by atoms with Gasteiger partial charge in [0.25, 0.3) is 0 Å². The summed E-state index contributed by atoms with van der Waals surface area (Å²) in [5.41, 5.74) is 0. The summed E-state index contributed by atoms with van der Waals surface area (Å²) < 4.78 is 0. The van der Waals surface area contributed by atoms with Gasteiger partial charge in [0.2, 0.25) is 0 Å². The van der Waals surface area contributed by atoms with Crippen molar-refractivity contribution >= 4 is 0 Å². The van der Waals surface area contributed by atoms with Crippen LogP contribution in [0.4, 0.5) is 0 Å². The Bertz CT molecular complexity index is 139. The van der Waals surface area contributed by atoms with Gasteiger partial charge in [-0.3, -0.25) is 0 Å². The van der Waals surface area contributed by atoms with E-state index in [0.717, 1.165) is 19.1 Å². The predicted molar refractivity (Wildman–Crippen MR) is 66.3 cm³/mol. The van der Waals surface area contributed by atoms with Crippen molar-refractivity contribution in [2.24, 2.45) is 0 Å². The standard InChI is InChI=1S/C12H27N3/c1-3-13-8-5-9-15-10-6-12(7-11-15)14-4-2/h12-14H,3-11H2,1-2H3. The molecule has 0 atom stereocenters. The molecule has 0 amide bonds. The number of rotatable bonds is 7. The van der Waals surface area contributed by atoms with E-state index in [0.29, 0.717) is 0 Å². The van der Waals surface area contributed by atoms with Crippen LogP contribution in [-0.4, -0.2) is 50.2 Å². The topological polar surface area (TPSA) is 27.3 Å². The third-order valence-corrected chi connectivity index (χ3v) is 3.16. The summed E-state index contributed by atoms with van der Waals surface area (Å²) in [4.78, 5) is 2.60. The molecule has 0 bridgehead atoms. The van der Waals surface area contributed by atoms with E-state index in [2.05, 4.69) is 29.4 Å². The van der Waals surface area contributed by atoms with Crippen molar-refractivity contribution in [2.45, 2.75) is 39.2 Å². The minimum absolute atomic E-state index is 0.778. The van der Waals surface area contributed by atoms with Crippen LogP contribution in [0.2, 0.25) is 0 Å². The maximum atomic E-state index is 3.54. The predicted octanol–water partition coefficient (Wildman–Crippen LogP) is 1.06. The summed E-state index contributed by atoms with van der Waals surface area (Å²) in [6.07, 6.45) is 3.95. The normalized spacial score (nSPS) is 19.6. The zero-order valence-electron chi connectivity index (χ0n) is 10.4. The van der Waals surface area contributed by atoms with E-state index >= 15 is 0 Å². The van der Waals surface area contributed by atoms with E-state index < -0.39 is 0 Å². The third-order valence-electron chi connectivity index (χ3n) is 3.16. The molecule has 0 aromatic heterocycles. The highest BCUT2D eigenvalue weighted by molar-refractivity contribution is 4.76. The van der Waals surface area contributed by atoms with Gasteiger partial charge < -0.3 is 15.5 Å². The molecule has 2 N–H and O–H groups in total. The van der Waals surface area contributed by atoms with Crippen molar-refractivity contribution in [3.8, 4) is 0 Å². The fourth-order valence-electron chi connectivity index (χ4n) is 2.25. The molecule has 0 aromatic rings. The second-order valence-electron chi connectivity index (χ2n) is 4.38. The average Bonchev–Trinajstić information content (AvgIpc) is 2.27. The van der Waals surface area contributed by atoms with Gasteiger partial charge in [-0.05, 0) is 58.5 Å². The maximum absolute atomic E-state index is 3.54. The molecule has 1 aliphatic heterocycles. The molecule has 1 aliphatic rings. The summed E-state index contributed by atoms with van der Waals surface area (Å²) in [5.74, 6) is 0. The van der Waals surface area contributed by atoms with Gasteiger partial charge in [0.05, 0.1) is 0 Å². The van der Waals surface area contributed by atoms with Gasteiger partial charge in [0, 0.05) is 6.04 Å². The summed E-state index contributed by atoms with van der Waals surface area (Å²) >= 11 is 0. The van der Waals surface area contributed by atoms with Gasteiger partial charge >= 0.3 is 0 Å². The lowest BCUT2D eigenvalue weighted by Crippen LogP contribution is -2.43. The van der Waals surface area contributed by atoms with Gasteiger partial charge in [-0.2, -0.15) is 0 Å². The first-order valence-corrected chi connectivity index (χ1v) is 6.53. The minimum atomic E-state index is 0.778. The lowest BCUT2D eigenvalue weighted by molar-refractivity contribution is 0.197. The molecule has 3 nitrogen and oxygen atoms in total. The van der Waals surface area contributed by atoms with Crippen molar-refractivity contribution in [2.75, 3.05) is 39.3 Å². The Kier molecular flexibility index (Phi) is 6.98. The molecule has 0 unspecified atom stereocenters. The Morgan fingerprint density at radius 3 is 2.47 bits per heavy atom. The Balaban J connectivity index is 1.99. The number of hydrogen-bond acceptors (Lipinski definition) is 3. The molecule has 1 fully saturated rings. The van der Waals surface area contributed by atoms with Crippen molar-refractivity contribution in [1.29, 1.82) is 0 Å². The molecular weight excluding hydrogens is 186 g/mol. The minimum Gasteiger partial charge on any atom is -0.317 e. The van der Waals surface area contributed by atoms with Crippen molar-refractivity contribution in [3.63, 3.8) is 0 Å². The average molecular weight is 213 g/mol. The first kappa shape index (κ1) is 12.9. The van der Waals surface area contributed by atoms with Crippen LogP contribution >= 0.6 is 0 Å². The molecule has 0 spiro atoms. The van der Waals surface area contributed by atoms with E-state index in [-0.39, 0.29) is 0 Å². The molecule has 0 radical (unpaired) electrons. The molecule has 15 heavy (non-hydrogen) atoms. The summed E-state index contributed by atoms with van der Waals surface area (Å²) in [7, 11) is 0. The third kappa shape index (κ3) is 5.50. The lowest BCUT2D eigenvalue weighted by atomic mass is 10.1. The first-order chi connectivity index (χ1) is 7.36. The molecule has 0 saturated carbocycles. The summed E-state index contributed by atoms with van der Waals surface area (Å²) in [5, 5.41) is 6.92. The number of hydrogen-bond donors (Lipinski definition) is 2. The SMILES string of the molecule is CCNCCCN1CCC(NCC)CC1. The van der Waals surface area contributed by atoms with Crippen molar-refractivity contribution in [1.82, 2.24) is 15.5 Å². The quantitative estimate of drug-likeness (QED) is 0.619. The molecular formula is C12H27N3. The van der Waals surface area contributed by atoms with Gasteiger partial charge in [0.1, 0.15) is 0 Å². The van der Waals surface area contributed by atoms with Crippen LogP contribution in [0.25, 0.3) is 0 Å². The lowest BCUT2D eigenvalue weighted by Gasteiger charge is -2.32. The van der Waals surface area contributed by atoms with E-state index in [1.165, 1.54) is 45.4 Å². The zero-order chi connectivity index (χ0) is 10.9. The Labute approximate surface area is 94.6 Å². The number of piperidine rings is 1. The second kappa shape index (κ2) is 8.08. The monoisotopic (exact) mass is 213 g/mol. The molecule has 3 heteroatoms. The molecule has 1 heterocycles. The second-order valence-corrected chi connectivity index (χ2v) is 4.38. The van der Waals surface area contributed by atoms with E-state index in [1.807, 2.05) is 0 Å².